The first-order chi connectivity index (χ1) is 6.15. The van der Waals surface area contributed by atoms with Crippen molar-refractivity contribution in [3.63, 3.8) is 0 Å². The Bertz CT molecular complexity index is 126. The minimum absolute atomic E-state index is 0.316. The Morgan fingerprint density at radius 1 is 1.31 bits per heavy atom. The Hall–Kier alpha value is -0.830. The van der Waals surface area contributed by atoms with Crippen molar-refractivity contribution in [2.24, 2.45) is 0 Å². The summed E-state index contributed by atoms with van der Waals surface area (Å²) in [5.74, 6) is -0.833. The molecule has 0 amide bonds. The van der Waals surface area contributed by atoms with Gasteiger partial charge in [-0.3, -0.25) is 4.79 Å². The highest BCUT2D eigenvalue weighted by atomic mass is 16.4. The van der Waals surface area contributed by atoms with Crippen LogP contribution in [0.15, 0.2) is 12.2 Å². The van der Waals surface area contributed by atoms with Gasteiger partial charge in [-0.15, -0.1) is 0 Å². The minimum atomic E-state index is -0.833. The lowest BCUT2D eigenvalue weighted by Crippen LogP contribution is -1.78. The molecule has 0 saturated heterocycles. The average Bonchev–Trinajstić information content (AvgIpc) is 2.03. The summed E-state index contributed by atoms with van der Waals surface area (Å²) in [5.41, 5.74) is 0. The molecule has 13 heavy (non-hydrogen) atoms. The Morgan fingerprint density at radius 3 is 2.15 bits per heavy atom. The number of hydrogen-bond donors (Lipinski definition) is 2. The number of carbonyl (C=O) groups is 1. The summed E-state index contributed by atoms with van der Waals surface area (Å²) in [7, 11) is 0. The molecule has 0 aromatic rings. The van der Waals surface area contributed by atoms with Gasteiger partial charge in [0.05, 0.1) is 0 Å². The predicted molar refractivity (Wildman–Crippen MR) is 53.7 cm³/mol. The first-order valence-electron chi connectivity index (χ1n) is 4.60. The van der Waals surface area contributed by atoms with Crippen molar-refractivity contribution < 1.29 is 15.0 Å². The van der Waals surface area contributed by atoms with Crippen molar-refractivity contribution >= 4 is 5.97 Å². The van der Waals surface area contributed by atoms with Crippen molar-refractivity contribution in [1.82, 2.24) is 0 Å². The Labute approximate surface area is 80.1 Å². The van der Waals surface area contributed by atoms with Crippen molar-refractivity contribution in [2.45, 2.75) is 39.5 Å². The Morgan fingerprint density at radius 2 is 1.77 bits per heavy atom. The lowest BCUT2D eigenvalue weighted by molar-refractivity contribution is -0.134. The Kier molecular flexibility index (Phi) is 15.5. The van der Waals surface area contributed by atoms with Gasteiger partial charge in [0.15, 0.2) is 0 Å². The van der Waals surface area contributed by atoms with E-state index in [0.29, 0.717) is 6.61 Å². The number of aliphatic hydroxyl groups excluding tert-OH is 1. The van der Waals surface area contributed by atoms with E-state index in [2.05, 4.69) is 19.1 Å². The molecular formula is C10H20O3. The molecule has 0 unspecified atom stereocenters. The van der Waals surface area contributed by atoms with E-state index < -0.39 is 5.97 Å². The SMILES string of the molecule is CC(=O)O.CCCC=CCCCO. The molecule has 0 saturated carbocycles. The van der Waals surface area contributed by atoms with Crippen molar-refractivity contribution in [1.29, 1.82) is 0 Å². The Balaban J connectivity index is 0. The maximum absolute atomic E-state index is 9.00. The number of hydrogen-bond acceptors (Lipinski definition) is 2. The molecule has 0 aromatic heterocycles. The molecule has 0 aliphatic heterocycles. The summed E-state index contributed by atoms with van der Waals surface area (Å²) in [6, 6.07) is 0. The zero-order valence-corrected chi connectivity index (χ0v) is 8.49. The van der Waals surface area contributed by atoms with E-state index >= 15 is 0 Å². The van der Waals surface area contributed by atoms with Gasteiger partial charge < -0.3 is 10.2 Å². The van der Waals surface area contributed by atoms with Crippen molar-refractivity contribution in [2.75, 3.05) is 6.61 Å². The van der Waals surface area contributed by atoms with E-state index in [-0.39, 0.29) is 0 Å². The van der Waals surface area contributed by atoms with Crippen LogP contribution in [-0.4, -0.2) is 22.8 Å². The number of unbranched alkanes of at least 4 members (excludes halogenated alkanes) is 2. The van der Waals surface area contributed by atoms with Gasteiger partial charge in [0.25, 0.3) is 5.97 Å². The van der Waals surface area contributed by atoms with Gasteiger partial charge in [-0.25, -0.2) is 0 Å². The second-order valence-corrected chi connectivity index (χ2v) is 2.64. The van der Waals surface area contributed by atoms with Crippen LogP contribution in [0.25, 0.3) is 0 Å². The van der Waals surface area contributed by atoms with Crippen LogP contribution in [0.4, 0.5) is 0 Å². The molecule has 0 rings (SSSR count). The quantitative estimate of drug-likeness (QED) is 0.513. The highest BCUT2D eigenvalue weighted by Gasteiger charge is 1.77. The van der Waals surface area contributed by atoms with Gasteiger partial charge in [-0.2, -0.15) is 0 Å². The van der Waals surface area contributed by atoms with E-state index in [1.807, 2.05) is 0 Å². The van der Waals surface area contributed by atoms with E-state index in [0.717, 1.165) is 19.8 Å². The summed E-state index contributed by atoms with van der Waals surface area (Å²) >= 11 is 0. The summed E-state index contributed by atoms with van der Waals surface area (Å²) in [6.07, 6.45) is 8.63. The molecule has 3 heteroatoms. The van der Waals surface area contributed by atoms with Crippen LogP contribution in [0.1, 0.15) is 39.5 Å². The first kappa shape index (κ1) is 14.7. The summed E-state index contributed by atoms with van der Waals surface area (Å²) < 4.78 is 0. The van der Waals surface area contributed by atoms with E-state index in [1.165, 1.54) is 12.8 Å². The van der Waals surface area contributed by atoms with Crippen LogP contribution in [0.2, 0.25) is 0 Å². The second kappa shape index (κ2) is 13.7. The van der Waals surface area contributed by atoms with Crippen LogP contribution in [0.3, 0.4) is 0 Å². The molecule has 2 N–H and O–H groups in total. The standard InChI is InChI=1S/C8H16O.C2H4O2/c1-2-3-4-5-6-7-8-9;1-2(3)4/h4-5,9H,2-3,6-8H2,1H3;1H3,(H,3,4). The van der Waals surface area contributed by atoms with E-state index in [9.17, 15) is 0 Å². The summed E-state index contributed by atoms with van der Waals surface area (Å²) in [5, 5.41) is 15.8. The average molecular weight is 188 g/mol. The molecule has 3 nitrogen and oxygen atoms in total. The zero-order valence-electron chi connectivity index (χ0n) is 8.49. The minimum Gasteiger partial charge on any atom is -0.481 e. The third kappa shape index (κ3) is 35.1. The van der Waals surface area contributed by atoms with Gasteiger partial charge in [-0.1, -0.05) is 25.5 Å². The van der Waals surface area contributed by atoms with E-state index in [4.69, 9.17) is 15.0 Å². The fourth-order valence-corrected chi connectivity index (χ4v) is 0.612. The number of rotatable bonds is 5. The van der Waals surface area contributed by atoms with Crippen molar-refractivity contribution in [3.05, 3.63) is 12.2 Å². The number of allylic oxidation sites excluding steroid dienone is 2. The van der Waals surface area contributed by atoms with Crippen LogP contribution in [0.5, 0.6) is 0 Å². The van der Waals surface area contributed by atoms with Gasteiger partial charge in [-0.05, 0) is 19.3 Å². The number of aliphatic hydroxyl groups is 1. The smallest absolute Gasteiger partial charge is 0.300 e. The maximum Gasteiger partial charge on any atom is 0.300 e. The normalized spacial score (nSPS) is 9.46. The monoisotopic (exact) mass is 188 g/mol. The maximum atomic E-state index is 9.00. The van der Waals surface area contributed by atoms with Gasteiger partial charge in [0, 0.05) is 13.5 Å². The van der Waals surface area contributed by atoms with Crippen LogP contribution in [-0.2, 0) is 4.79 Å². The van der Waals surface area contributed by atoms with Crippen LogP contribution < -0.4 is 0 Å². The molecular weight excluding hydrogens is 168 g/mol. The van der Waals surface area contributed by atoms with Gasteiger partial charge in [0.1, 0.15) is 0 Å². The number of carboxylic acids is 1. The molecule has 0 radical (unpaired) electrons. The van der Waals surface area contributed by atoms with Crippen LogP contribution in [0, 0.1) is 0 Å². The highest BCUT2D eigenvalue weighted by molar-refractivity contribution is 5.62. The zero-order chi connectivity index (χ0) is 10.5. The molecule has 0 aromatic carbocycles. The lowest BCUT2D eigenvalue weighted by atomic mass is 10.2. The molecule has 0 spiro atoms. The second-order valence-electron chi connectivity index (χ2n) is 2.64. The van der Waals surface area contributed by atoms with E-state index in [1.54, 1.807) is 0 Å². The lowest BCUT2D eigenvalue weighted by Gasteiger charge is -1.87. The molecule has 0 aliphatic rings. The molecule has 78 valence electrons. The molecule has 0 atom stereocenters. The van der Waals surface area contributed by atoms with Crippen molar-refractivity contribution in [3.8, 4) is 0 Å². The number of aliphatic carboxylic acids is 1. The van der Waals surface area contributed by atoms with Gasteiger partial charge in [0.2, 0.25) is 0 Å². The molecule has 0 fully saturated rings. The summed E-state index contributed by atoms with van der Waals surface area (Å²) in [4.78, 5) is 9.00. The molecule has 0 bridgehead atoms. The predicted octanol–water partition coefficient (Wildman–Crippen LogP) is 2.21. The third-order valence-electron chi connectivity index (χ3n) is 1.15. The highest BCUT2D eigenvalue weighted by Crippen LogP contribution is 1.93. The fourth-order valence-electron chi connectivity index (χ4n) is 0.612. The third-order valence-corrected chi connectivity index (χ3v) is 1.15. The largest absolute Gasteiger partial charge is 0.481 e. The summed E-state index contributed by atoms with van der Waals surface area (Å²) in [6.45, 7) is 3.56. The first-order valence-corrected chi connectivity index (χ1v) is 4.60. The molecule has 0 aliphatic carbocycles. The van der Waals surface area contributed by atoms with Crippen LogP contribution >= 0.6 is 0 Å². The van der Waals surface area contributed by atoms with Gasteiger partial charge >= 0.3 is 0 Å². The molecule has 0 heterocycles. The fraction of sp³-hybridized carbons (Fsp3) is 0.700. The number of carboxylic acid groups (broad SMARTS) is 1. The topological polar surface area (TPSA) is 57.5 Å².